The molecule has 0 atom stereocenters. The number of nitrogens with zero attached hydrogens (tertiary/aromatic N) is 2. The lowest BCUT2D eigenvalue weighted by atomic mass is 10.2. The second-order valence-electron chi connectivity index (χ2n) is 3.35. The van der Waals surface area contributed by atoms with Crippen LogP contribution in [0, 0.1) is 24.4 Å². The van der Waals surface area contributed by atoms with Crippen LogP contribution in [0.25, 0.3) is 0 Å². The number of rotatable bonds is 2. The number of carbonyl (C=O) groups is 1. The molecule has 0 aliphatic carbocycles. The lowest BCUT2D eigenvalue weighted by Gasteiger charge is -2.02. The van der Waals surface area contributed by atoms with Gasteiger partial charge in [0.2, 0.25) is 0 Å². The van der Waals surface area contributed by atoms with Crippen molar-refractivity contribution in [2.24, 2.45) is 0 Å². The van der Waals surface area contributed by atoms with E-state index in [1.54, 1.807) is 0 Å². The number of benzene rings is 1. The molecule has 1 heterocycles. The number of amides is 1. The van der Waals surface area contributed by atoms with Gasteiger partial charge in [-0.2, -0.15) is 4.98 Å². The van der Waals surface area contributed by atoms with Crippen molar-refractivity contribution in [3.05, 3.63) is 41.0 Å². The van der Waals surface area contributed by atoms with Gasteiger partial charge in [-0.05, 0) is 19.1 Å². The molecule has 0 aliphatic rings. The summed E-state index contributed by atoms with van der Waals surface area (Å²) in [6.45, 7) is 1.52. The predicted molar refractivity (Wildman–Crippen MR) is 53.3 cm³/mol. The predicted octanol–water partition coefficient (Wildman–Crippen LogP) is 2.05. The summed E-state index contributed by atoms with van der Waals surface area (Å²) in [6, 6.07) is 0.913. The van der Waals surface area contributed by atoms with Gasteiger partial charge in [-0.15, -0.1) is 0 Å². The maximum Gasteiger partial charge on any atom is 0.328 e. The Morgan fingerprint density at radius 3 is 2.39 bits per heavy atom. The van der Waals surface area contributed by atoms with Crippen molar-refractivity contribution in [1.29, 1.82) is 0 Å². The molecular formula is C10H6F3N3O2. The first-order valence-corrected chi connectivity index (χ1v) is 4.73. The van der Waals surface area contributed by atoms with Gasteiger partial charge in [-0.25, -0.2) is 13.2 Å². The molecule has 18 heavy (non-hydrogen) atoms. The van der Waals surface area contributed by atoms with Crippen LogP contribution in [0.2, 0.25) is 0 Å². The number of aromatic nitrogens is 2. The molecule has 0 aliphatic heterocycles. The minimum atomic E-state index is -1.64. The maximum absolute atomic E-state index is 12.9. The highest BCUT2D eigenvalue weighted by Gasteiger charge is 2.16. The van der Waals surface area contributed by atoms with E-state index in [1.807, 2.05) is 0 Å². The van der Waals surface area contributed by atoms with Gasteiger partial charge in [0.15, 0.2) is 23.3 Å². The molecule has 0 fully saturated rings. The first-order chi connectivity index (χ1) is 8.47. The standard InChI is InChI=1S/C10H6F3N3O2/c1-4-14-10(18-16-4)15-9(17)5-2-6(11)8(13)7(12)3-5/h2-3H,1H3,(H,14,15,16,17). The molecule has 1 aromatic heterocycles. The molecule has 1 amide bonds. The molecule has 2 aromatic rings. The molecule has 0 unspecified atom stereocenters. The van der Waals surface area contributed by atoms with Gasteiger partial charge in [0.05, 0.1) is 0 Å². The van der Waals surface area contributed by atoms with Crippen molar-refractivity contribution in [1.82, 2.24) is 10.1 Å². The van der Waals surface area contributed by atoms with Crippen LogP contribution in [0.15, 0.2) is 16.7 Å². The van der Waals surface area contributed by atoms with Gasteiger partial charge >= 0.3 is 6.01 Å². The molecule has 0 spiro atoms. The van der Waals surface area contributed by atoms with Crippen LogP contribution in [0.1, 0.15) is 16.2 Å². The van der Waals surface area contributed by atoms with Crippen molar-refractivity contribution in [3.63, 3.8) is 0 Å². The first-order valence-electron chi connectivity index (χ1n) is 4.73. The van der Waals surface area contributed by atoms with E-state index in [-0.39, 0.29) is 11.8 Å². The molecular weight excluding hydrogens is 251 g/mol. The molecule has 0 saturated carbocycles. The fraction of sp³-hybridized carbons (Fsp3) is 0.100. The summed E-state index contributed by atoms with van der Waals surface area (Å²) in [4.78, 5) is 15.2. The highest BCUT2D eigenvalue weighted by Crippen LogP contribution is 2.14. The van der Waals surface area contributed by atoms with Crippen LogP contribution >= 0.6 is 0 Å². The number of anilines is 1. The largest absolute Gasteiger partial charge is 0.328 e. The number of hydrogen-bond donors (Lipinski definition) is 1. The average Bonchev–Trinajstić information content (AvgIpc) is 2.71. The Labute approximate surface area is 98.6 Å². The lowest BCUT2D eigenvalue weighted by molar-refractivity contribution is 0.102. The summed E-state index contributed by atoms with van der Waals surface area (Å²) in [5.41, 5.74) is -0.401. The molecule has 0 saturated heterocycles. The highest BCUT2D eigenvalue weighted by molar-refractivity contribution is 6.03. The van der Waals surface area contributed by atoms with Crippen LogP contribution in [-0.4, -0.2) is 16.0 Å². The summed E-state index contributed by atoms with van der Waals surface area (Å²) in [5.74, 6) is -5.16. The normalized spacial score (nSPS) is 10.4. The van der Waals surface area contributed by atoms with Crippen LogP contribution in [0.3, 0.4) is 0 Å². The van der Waals surface area contributed by atoms with Gasteiger partial charge in [-0.3, -0.25) is 10.1 Å². The number of aryl methyl sites for hydroxylation is 1. The van der Waals surface area contributed by atoms with Crippen LogP contribution in [-0.2, 0) is 0 Å². The number of carbonyl (C=O) groups excluding carboxylic acids is 1. The molecule has 1 N–H and O–H groups in total. The van der Waals surface area contributed by atoms with Crippen molar-refractivity contribution in [2.75, 3.05) is 5.32 Å². The fourth-order valence-electron chi connectivity index (χ4n) is 1.20. The number of hydrogen-bond acceptors (Lipinski definition) is 4. The van der Waals surface area contributed by atoms with E-state index in [2.05, 4.69) is 20.0 Å². The Bertz CT molecular complexity index is 589. The van der Waals surface area contributed by atoms with E-state index < -0.39 is 28.9 Å². The smallest absolute Gasteiger partial charge is 0.315 e. The third kappa shape index (κ3) is 2.31. The van der Waals surface area contributed by atoms with Crippen LogP contribution in [0.4, 0.5) is 19.2 Å². The minimum Gasteiger partial charge on any atom is -0.315 e. The maximum atomic E-state index is 12.9. The first kappa shape index (κ1) is 12.1. The zero-order valence-corrected chi connectivity index (χ0v) is 9.00. The molecule has 1 aromatic carbocycles. The minimum absolute atomic E-state index is 0.220. The van der Waals surface area contributed by atoms with E-state index in [4.69, 9.17) is 0 Å². The van der Waals surface area contributed by atoms with Crippen LogP contribution < -0.4 is 5.32 Å². The quantitative estimate of drug-likeness (QED) is 0.836. The Morgan fingerprint density at radius 1 is 1.28 bits per heavy atom. The Balaban J connectivity index is 2.24. The molecule has 0 radical (unpaired) electrons. The second-order valence-corrected chi connectivity index (χ2v) is 3.35. The zero-order chi connectivity index (χ0) is 13.3. The van der Waals surface area contributed by atoms with E-state index in [0.29, 0.717) is 12.1 Å². The molecule has 2 rings (SSSR count). The van der Waals surface area contributed by atoms with E-state index in [9.17, 15) is 18.0 Å². The molecule has 0 bridgehead atoms. The van der Waals surface area contributed by atoms with Crippen molar-refractivity contribution < 1.29 is 22.5 Å². The summed E-state index contributed by atoms with van der Waals surface area (Å²) in [5, 5.41) is 5.52. The highest BCUT2D eigenvalue weighted by atomic mass is 19.2. The van der Waals surface area contributed by atoms with Crippen LogP contribution in [0.5, 0.6) is 0 Å². The summed E-state index contributed by atoms with van der Waals surface area (Å²) < 4.78 is 43.1. The van der Waals surface area contributed by atoms with Crippen molar-refractivity contribution >= 4 is 11.9 Å². The zero-order valence-electron chi connectivity index (χ0n) is 9.00. The average molecular weight is 257 g/mol. The van der Waals surface area contributed by atoms with E-state index >= 15 is 0 Å². The SMILES string of the molecule is Cc1noc(NC(=O)c2cc(F)c(F)c(F)c2)n1. The fourth-order valence-corrected chi connectivity index (χ4v) is 1.20. The van der Waals surface area contributed by atoms with Gasteiger partial charge < -0.3 is 4.52 Å². The summed E-state index contributed by atoms with van der Waals surface area (Å²) >= 11 is 0. The van der Waals surface area contributed by atoms with Gasteiger partial charge in [-0.1, -0.05) is 5.16 Å². The molecule has 8 heteroatoms. The van der Waals surface area contributed by atoms with Crippen molar-refractivity contribution in [3.8, 4) is 0 Å². The monoisotopic (exact) mass is 257 g/mol. The second kappa shape index (κ2) is 4.47. The summed E-state index contributed by atoms with van der Waals surface area (Å²) in [7, 11) is 0. The van der Waals surface area contributed by atoms with Gasteiger partial charge in [0.1, 0.15) is 0 Å². The van der Waals surface area contributed by atoms with Gasteiger partial charge in [0, 0.05) is 5.56 Å². The number of nitrogens with one attached hydrogen (secondary N) is 1. The van der Waals surface area contributed by atoms with Gasteiger partial charge in [0.25, 0.3) is 5.91 Å². The third-order valence-electron chi connectivity index (χ3n) is 1.99. The van der Waals surface area contributed by atoms with Crippen molar-refractivity contribution in [2.45, 2.75) is 6.92 Å². The molecule has 5 nitrogen and oxygen atoms in total. The van der Waals surface area contributed by atoms with E-state index in [0.717, 1.165) is 0 Å². The Hall–Kier alpha value is -2.38. The lowest BCUT2D eigenvalue weighted by Crippen LogP contribution is -2.13. The van der Waals surface area contributed by atoms with E-state index in [1.165, 1.54) is 6.92 Å². The Morgan fingerprint density at radius 2 is 1.89 bits per heavy atom. The topological polar surface area (TPSA) is 68.0 Å². The summed E-state index contributed by atoms with van der Waals surface area (Å²) in [6.07, 6.45) is 0. The Kier molecular flexibility index (Phi) is 3.00. The third-order valence-corrected chi connectivity index (χ3v) is 1.99. The number of halogens is 3. The molecule has 94 valence electrons.